The van der Waals surface area contributed by atoms with E-state index in [4.69, 9.17) is 0 Å². The van der Waals surface area contributed by atoms with Crippen molar-refractivity contribution in [2.75, 3.05) is 23.7 Å². The second-order valence-corrected chi connectivity index (χ2v) is 9.59. The number of nitrogens with one attached hydrogen (secondary N) is 1. The molecule has 2 aromatic rings. The summed E-state index contributed by atoms with van der Waals surface area (Å²) in [4.78, 5) is 27.8. The Kier molecular flexibility index (Phi) is 9.71. The van der Waals surface area contributed by atoms with E-state index in [9.17, 15) is 18.0 Å². The number of carbonyl (C=O) groups excluding carboxylic acids is 2. The molecule has 174 valence electrons. The Bertz CT molecular complexity index is 965. The zero-order chi connectivity index (χ0) is 23.6. The first-order valence-corrected chi connectivity index (χ1v) is 12.8. The monoisotopic (exact) mass is 459 g/mol. The van der Waals surface area contributed by atoms with E-state index in [1.807, 2.05) is 44.2 Å². The normalized spacial score (nSPS) is 12.1. The highest BCUT2D eigenvalue weighted by Crippen LogP contribution is 2.19. The van der Waals surface area contributed by atoms with Gasteiger partial charge in [0.05, 0.1) is 11.9 Å². The summed E-state index contributed by atoms with van der Waals surface area (Å²) in [5.74, 6) is -0.656. The Morgan fingerprint density at radius 2 is 1.56 bits per heavy atom. The molecule has 0 aliphatic carbocycles. The van der Waals surface area contributed by atoms with Crippen molar-refractivity contribution in [1.29, 1.82) is 0 Å². The van der Waals surface area contributed by atoms with Gasteiger partial charge in [0.25, 0.3) is 0 Å². The summed E-state index contributed by atoms with van der Waals surface area (Å²) in [6.07, 6.45) is 3.29. The van der Waals surface area contributed by atoms with Crippen LogP contribution in [0.25, 0.3) is 0 Å². The van der Waals surface area contributed by atoms with Crippen LogP contribution in [0.4, 0.5) is 5.69 Å². The van der Waals surface area contributed by atoms with Gasteiger partial charge >= 0.3 is 0 Å². The highest BCUT2D eigenvalue weighted by molar-refractivity contribution is 7.92. The van der Waals surface area contributed by atoms with Gasteiger partial charge in [-0.15, -0.1) is 0 Å². The van der Waals surface area contributed by atoms with Crippen molar-refractivity contribution in [1.82, 2.24) is 10.2 Å². The smallest absolute Gasteiger partial charge is 0.244 e. The molecule has 7 nitrogen and oxygen atoms in total. The molecule has 0 radical (unpaired) electrons. The van der Waals surface area contributed by atoms with Crippen molar-refractivity contribution in [2.24, 2.45) is 0 Å². The van der Waals surface area contributed by atoms with Crippen LogP contribution in [0.1, 0.15) is 38.7 Å². The molecule has 0 aromatic heterocycles. The largest absolute Gasteiger partial charge is 0.354 e. The molecule has 0 saturated heterocycles. The molecule has 0 unspecified atom stereocenters. The zero-order valence-electron chi connectivity index (χ0n) is 19.0. The molecule has 0 bridgehead atoms. The van der Waals surface area contributed by atoms with E-state index < -0.39 is 22.0 Å². The van der Waals surface area contributed by atoms with Crippen LogP contribution in [0, 0.1) is 0 Å². The van der Waals surface area contributed by atoms with Crippen molar-refractivity contribution in [3.8, 4) is 0 Å². The minimum Gasteiger partial charge on any atom is -0.354 e. The number of nitrogens with zero attached hydrogens (tertiary/aromatic N) is 2. The molecule has 0 spiro atoms. The molecule has 0 aliphatic rings. The van der Waals surface area contributed by atoms with E-state index in [1.54, 1.807) is 30.3 Å². The van der Waals surface area contributed by atoms with Gasteiger partial charge in [0.1, 0.15) is 12.6 Å². The van der Waals surface area contributed by atoms with Crippen LogP contribution in [0.5, 0.6) is 0 Å². The van der Waals surface area contributed by atoms with Crippen molar-refractivity contribution in [3.63, 3.8) is 0 Å². The minimum absolute atomic E-state index is 0.214. The van der Waals surface area contributed by atoms with Gasteiger partial charge in [-0.25, -0.2) is 8.42 Å². The van der Waals surface area contributed by atoms with Crippen molar-refractivity contribution >= 4 is 27.5 Å². The molecule has 8 heteroatoms. The van der Waals surface area contributed by atoms with Crippen molar-refractivity contribution in [3.05, 3.63) is 66.2 Å². The molecule has 1 N–H and O–H groups in total. The predicted octanol–water partition coefficient (Wildman–Crippen LogP) is 3.18. The maximum Gasteiger partial charge on any atom is 0.244 e. The van der Waals surface area contributed by atoms with Gasteiger partial charge in [0, 0.05) is 13.1 Å². The molecule has 2 rings (SSSR count). The van der Waals surface area contributed by atoms with Gasteiger partial charge < -0.3 is 10.2 Å². The number of unbranched alkanes of at least 4 members (excludes halogenated alkanes) is 1. The average molecular weight is 460 g/mol. The fraction of sp³-hybridized carbons (Fsp3) is 0.417. The summed E-state index contributed by atoms with van der Waals surface area (Å²) >= 11 is 0. The van der Waals surface area contributed by atoms with Crippen molar-refractivity contribution in [2.45, 2.75) is 45.7 Å². The maximum atomic E-state index is 13.5. The van der Waals surface area contributed by atoms with Crippen LogP contribution < -0.4 is 9.62 Å². The van der Waals surface area contributed by atoms with Gasteiger partial charge in [-0.3, -0.25) is 13.9 Å². The van der Waals surface area contributed by atoms with E-state index in [2.05, 4.69) is 5.32 Å². The van der Waals surface area contributed by atoms with Gasteiger partial charge in [-0.05, 0) is 30.5 Å². The summed E-state index contributed by atoms with van der Waals surface area (Å²) in [6, 6.07) is 17.2. The molecule has 0 heterocycles. The lowest BCUT2D eigenvalue weighted by Gasteiger charge is -2.32. The number of anilines is 1. The van der Waals surface area contributed by atoms with Crippen molar-refractivity contribution < 1.29 is 18.0 Å². The first-order chi connectivity index (χ1) is 15.3. The number of hydrogen-bond acceptors (Lipinski definition) is 4. The first-order valence-electron chi connectivity index (χ1n) is 10.9. The van der Waals surface area contributed by atoms with E-state index in [-0.39, 0.29) is 19.0 Å². The molecule has 0 fully saturated rings. The summed E-state index contributed by atoms with van der Waals surface area (Å²) in [5.41, 5.74) is 1.27. The van der Waals surface area contributed by atoms with Gasteiger partial charge in [-0.1, -0.05) is 68.8 Å². The highest BCUT2D eigenvalue weighted by atomic mass is 32.2. The molecule has 0 aliphatic heterocycles. The van der Waals surface area contributed by atoms with Crippen LogP contribution in [-0.2, 0) is 26.2 Å². The SMILES string of the molecule is CCCCNC(=O)[C@@H](CC)N(Cc1ccccc1)C(=O)CN(c1ccccc1)S(C)(=O)=O. The second kappa shape index (κ2) is 12.2. The Hall–Kier alpha value is -2.87. The van der Waals surface area contributed by atoms with Crippen LogP contribution in [0.2, 0.25) is 0 Å². The van der Waals surface area contributed by atoms with Crippen LogP contribution >= 0.6 is 0 Å². The summed E-state index contributed by atoms with van der Waals surface area (Å²) in [5, 5.41) is 2.91. The number of sulfonamides is 1. The van der Waals surface area contributed by atoms with Crippen LogP contribution in [0.15, 0.2) is 60.7 Å². The summed E-state index contributed by atoms with van der Waals surface area (Å²) < 4.78 is 26.0. The molecule has 0 saturated carbocycles. The molecular weight excluding hydrogens is 426 g/mol. The van der Waals surface area contributed by atoms with Crippen LogP contribution in [-0.4, -0.2) is 50.5 Å². The third-order valence-electron chi connectivity index (χ3n) is 5.13. The lowest BCUT2D eigenvalue weighted by molar-refractivity contribution is -0.140. The number of carbonyl (C=O) groups is 2. The third kappa shape index (κ3) is 7.37. The summed E-state index contributed by atoms with van der Waals surface area (Å²) in [7, 11) is -3.70. The molecule has 2 aromatic carbocycles. The number of rotatable bonds is 12. The molecule has 2 amide bonds. The predicted molar refractivity (Wildman–Crippen MR) is 128 cm³/mol. The Morgan fingerprint density at radius 1 is 0.969 bits per heavy atom. The standard InChI is InChI=1S/C24H33N3O4S/c1-4-6-17-25-24(29)22(5-2)26(18-20-13-9-7-10-14-20)23(28)19-27(32(3,30)31)21-15-11-8-12-16-21/h7-16,22H,4-6,17-19H2,1-3H3,(H,25,29)/t22-/m1/s1. The van der Waals surface area contributed by atoms with Gasteiger partial charge in [-0.2, -0.15) is 0 Å². The average Bonchev–Trinajstić information content (AvgIpc) is 2.78. The Morgan fingerprint density at radius 3 is 2.09 bits per heavy atom. The Balaban J connectivity index is 2.34. The van der Waals surface area contributed by atoms with Gasteiger partial charge in [0.15, 0.2) is 0 Å². The molecular formula is C24H33N3O4S. The summed E-state index contributed by atoms with van der Waals surface area (Å²) in [6.45, 7) is 4.26. The number of amides is 2. The number of benzene rings is 2. The second-order valence-electron chi connectivity index (χ2n) is 7.68. The fourth-order valence-corrected chi connectivity index (χ4v) is 4.26. The van der Waals surface area contributed by atoms with Crippen LogP contribution in [0.3, 0.4) is 0 Å². The van der Waals surface area contributed by atoms with E-state index >= 15 is 0 Å². The molecule has 1 atom stereocenters. The highest BCUT2D eigenvalue weighted by Gasteiger charge is 2.31. The molecule has 32 heavy (non-hydrogen) atoms. The topological polar surface area (TPSA) is 86.8 Å². The number of para-hydroxylation sites is 1. The lowest BCUT2D eigenvalue weighted by atomic mass is 10.1. The first kappa shape index (κ1) is 25.4. The quantitative estimate of drug-likeness (QED) is 0.494. The zero-order valence-corrected chi connectivity index (χ0v) is 19.8. The minimum atomic E-state index is -3.70. The van der Waals surface area contributed by atoms with E-state index in [0.29, 0.717) is 18.7 Å². The number of hydrogen-bond donors (Lipinski definition) is 1. The van der Waals surface area contributed by atoms with Gasteiger partial charge in [0.2, 0.25) is 21.8 Å². The fourth-order valence-electron chi connectivity index (χ4n) is 3.41. The lowest BCUT2D eigenvalue weighted by Crippen LogP contribution is -2.52. The third-order valence-corrected chi connectivity index (χ3v) is 6.28. The van der Waals surface area contributed by atoms with E-state index in [0.717, 1.165) is 29.0 Å². The van der Waals surface area contributed by atoms with E-state index in [1.165, 1.54) is 4.90 Å². The Labute approximate surface area is 191 Å². The maximum absolute atomic E-state index is 13.5.